The fraction of sp³-hybridized carbons (Fsp3) is 0.353. The van der Waals surface area contributed by atoms with Crippen LogP contribution in [0.4, 0.5) is 0 Å². The minimum Gasteiger partial charge on any atom is -0.351 e. The fourth-order valence-corrected chi connectivity index (χ4v) is 2.41. The third-order valence-electron chi connectivity index (χ3n) is 3.77. The molecule has 0 bridgehead atoms. The van der Waals surface area contributed by atoms with Gasteiger partial charge in [0.05, 0.1) is 6.54 Å². The van der Waals surface area contributed by atoms with Crippen LogP contribution in [0.25, 0.3) is 10.8 Å². The molecule has 3 nitrogen and oxygen atoms in total. The van der Waals surface area contributed by atoms with Crippen LogP contribution in [0.5, 0.6) is 0 Å². The lowest BCUT2D eigenvalue weighted by Crippen LogP contribution is -2.34. The Morgan fingerprint density at radius 2 is 1.90 bits per heavy atom. The van der Waals surface area contributed by atoms with Gasteiger partial charge in [0.2, 0.25) is 5.91 Å². The highest BCUT2D eigenvalue weighted by Crippen LogP contribution is 2.27. The minimum absolute atomic E-state index is 0.0681. The average molecular weight is 268 g/mol. The number of hydrogen-bond donors (Lipinski definition) is 2. The van der Waals surface area contributed by atoms with Crippen molar-refractivity contribution in [3.63, 3.8) is 0 Å². The monoisotopic (exact) mass is 268 g/mol. The first-order valence-electron chi connectivity index (χ1n) is 7.27. The molecule has 0 radical (unpaired) electrons. The summed E-state index contributed by atoms with van der Waals surface area (Å²) in [6.45, 7) is 1.98. The van der Waals surface area contributed by atoms with Gasteiger partial charge >= 0.3 is 0 Å². The van der Waals surface area contributed by atoms with Crippen molar-refractivity contribution in [1.82, 2.24) is 10.6 Å². The van der Waals surface area contributed by atoms with E-state index >= 15 is 0 Å². The maximum absolute atomic E-state index is 11.8. The minimum atomic E-state index is 0.0681. The van der Waals surface area contributed by atoms with Gasteiger partial charge in [0, 0.05) is 6.54 Å². The molecular weight excluding hydrogens is 248 g/mol. The molecule has 20 heavy (non-hydrogen) atoms. The third-order valence-corrected chi connectivity index (χ3v) is 3.77. The summed E-state index contributed by atoms with van der Waals surface area (Å²) in [6, 6.07) is 14.5. The Bertz CT molecular complexity index is 599. The van der Waals surface area contributed by atoms with Gasteiger partial charge in [0.15, 0.2) is 0 Å². The molecule has 1 saturated carbocycles. The number of benzene rings is 2. The molecule has 0 aliphatic heterocycles. The molecule has 2 N–H and O–H groups in total. The highest BCUT2D eigenvalue weighted by molar-refractivity contribution is 5.86. The normalized spacial score (nSPS) is 14.4. The SMILES string of the molecule is O=C(CNCC1CC1)NCc1cccc2ccccc12. The lowest BCUT2D eigenvalue weighted by Gasteiger charge is -2.09. The Balaban J connectivity index is 1.54. The molecule has 0 unspecified atom stereocenters. The molecule has 2 aromatic rings. The number of fused-ring (bicyclic) bond motifs is 1. The zero-order chi connectivity index (χ0) is 13.8. The molecule has 0 aromatic heterocycles. The van der Waals surface area contributed by atoms with Gasteiger partial charge in [0.1, 0.15) is 0 Å². The maximum Gasteiger partial charge on any atom is 0.234 e. The third kappa shape index (κ3) is 3.36. The quantitative estimate of drug-likeness (QED) is 0.845. The van der Waals surface area contributed by atoms with E-state index in [0.29, 0.717) is 13.1 Å². The van der Waals surface area contributed by atoms with Gasteiger partial charge in [-0.25, -0.2) is 0 Å². The smallest absolute Gasteiger partial charge is 0.234 e. The second kappa shape index (κ2) is 6.06. The predicted molar refractivity (Wildman–Crippen MR) is 81.4 cm³/mol. The Morgan fingerprint density at radius 3 is 2.75 bits per heavy atom. The number of carbonyl (C=O) groups excluding carboxylic acids is 1. The summed E-state index contributed by atoms with van der Waals surface area (Å²) in [6.07, 6.45) is 2.62. The highest BCUT2D eigenvalue weighted by atomic mass is 16.1. The van der Waals surface area contributed by atoms with Gasteiger partial charge in [-0.1, -0.05) is 42.5 Å². The second-order valence-corrected chi connectivity index (χ2v) is 5.49. The molecule has 1 fully saturated rings. The average Bonchev–Trinajstić information content (AvgIpc) is 3.29. The summed E-state index contributed by atoms with van der Waals surface area (Å²) in [5, 5.41) is 8.62. The van der Waals surface area contributed by atoms with Crippen molar-refractivity contribution in [3.05, 3.63) is 48.0 Å². The van der Waals surface area contributed by atoms with Crippen LogP contribution in [-0.2, 0) is 11.3 Å². The van der Waals surface area contributed by atoms with E-state index in [4.69, 9.17) is 0 Å². The Morgan fingerprint density at radius 1 is 1.10 bits per heavy atom. The van der Waals surface area contributed by atoms with Gasteiger partial charge in [-0.15, -0.1) is 0 Å². The van der Waals surface area contributed by atoms with Gasteiger partial charge < -0.3 is 10.6 Å². The molecule has 1 aliphatic rings. The number of hydrogen-bond acceptors (Lipinski definition) is 2. The van der Waals surface area contributed by atoms with E-state index in [1.807, 2.05) is 18.2 Å². The zero-order valence-electron chi connectivity index (χ0n) is 11.6. The molecule has 0 atom stereocenters. The summed E-state index contributed by atoms with van der Waals surface area (Å²) < 4.78 is 0. The fourth-order valence-electron chi connectivity index (χ4n) is 2.41. The topological polar surface area (TPSA) is 41.1 Å². The van der Waals surface area contributed by atoms with E-state index in [9.17, 15) is 4.79 Å². The Hall–Kier alpha value is -1.87. The zero-order valence-corrected chi connectivity index (χ0v) is 11.6. The summed E-state index contributed by atoms with van der Waals surface area (Å²) in [5.74, 6) is 0.874. The summed E-state index contributed by atoms with van der Waals surface area (Å²) in [5.41, 5.74) is 1.17. The van der Waals surface area contributed by atoms with Gasteiger partial charge in [-0.2, -0.15) is 0 Å². The molecule has 1 amide bonds. The van der Waals surface area contributed by atoms with Crippen molar-refractivity contribution in [1.29, 1.82) is 0 Å². The van der Waals surface area contributed by atoms with Crippen molar-refractivity contribution in [2.75, 3.05) is 13.1 Å². The van der Waals surface area contributed by atoms with Crippen molar-refractivity contribution < 1.29 is 4.79 Å². The van der Waals surface area contributed by atoms with E-state index in [0.717, 1.165) is 12.5 Å². The number of rotatable bonds is 6. The molecule has 1 aliphatic carbocycles. The number of nitrogens with one attached hydrogen (secondary N) is 2. The lowest BCUT2D eigenvalue weighted by atomic mass is 10.0. The predicted octanol–water partition coefficient (Wildman–Crippen LogP) is 2.46. The largest absolute Gasteiger partial charge is 0.351 e. The molecule has 3 rings (SSSR count). The summed E-state index contributed by atoms with van der Waals surface area (Å²) in [4.78, 5) is 11.8. The van der Waals surface area contributed by atoms with Crippen molar-refractivity contribution in [3.8, 4) is 0 Å². The second-order valence-electron chi connectivity index (χ2n) is 5.49. The molecule has 2 aromatic carbocycles. The van der Waals surface area contributed by atoms with E-state index in [1.54, 1.807) is 0 Å². The van der Waals surface area contributed by atoms with Crippen LogP contribution in [-0.4, -0.2) is 19.0 Å². The van der Waals surface area contributed by atoms with Crippen LogP contribution < -0.4 is 10.6 Å². The highest BCUT2D eigenvalue weighted by Gasteiger charge is 2.20. The molecule has 3 heteroatoms. The lowest BCUT2D eigenvalue weighted by molar-refractivity contribution is -0.120. The van der Waals surface area contributed by atoms with Gasteiger partial charge in [-0.05, 0) is 41.6 Å². The Labute approximate surface area is 119 Å². The first-order chi connectivity index (χ1) is 9.83. The van der Waals surface area contributed by atoms with Crippen molar-refractivity contribution in [2.24, 2.45) is 5.92 Å². The van der Waals surface area contributed by atoms with Crippen LogP contribution in [0.2, 0.25) is 0 Å². The molecule has 0 spiro atoms. The van der Waals surface area contributed by atoms with Crippen molar-refractivity contribution >= 4 is 16.7 Å². The van der Waals surface area contributed by atoms with Gasteiger partial charge in [0.25, 0.3) is 0 Å². The molecule has 0 heterocycles. The molecular formula is C17H20N2O. The number of carbonyl (C=O) groups is 1. The number of amides is 1. The summed E-state index contributed by atoms with van der Waals surface area (Å²) in [7, 11) is 0. The molecule has 104 valence electrons. The van der Waals surface area contributed by atoms with Crippen LogP contribution in [0.15, 0.2) is 42.5 Å². The van der Waals surface area contributed by atoms with Crippen LogP contribution in [0.1, 0.15) is 18.4 Å². The van der Waals surface area contributed by atoms with Crippen molar-refractivity contribution in [2.45, 2.75) is 19.4 Å². The van der Waals surface area contributed by atoms with E-state index in [-0.39, 0.29) is 5.91 Å². The van der Waals surface area contributed by atoms with Crippen LogP contribution in [0.3, 0.4) is 0 Å². The van der Waals surface area contributed by atoms with E-state index in [2.05, 4.69) is 34.9 Å². The van der Waals surface area contributed by atoms with E-state index in [1.165, 1.54) is 29.2 Å². The van der Waals surface area contributed by atoms with Gasteiger partial charge in [-0.3, -0.25) is 4.79 Å². The molecule has 0 saturated heterocycles. The summed E-state index contributed by atoms with van der Waals surface area (Å²) >= 11 is 0. The van der Waals surface area contributed by atoms with Crippen LogP contribution in [0, 0.1) is 5.92 Å². The maximum atomic E-state index is 11.8. The first kappa shape index (κ1) is 13.1. The standard InChI is InChI=1S/C17H20N2O/c20-17(12-18-10-13-8-9-13)19-11-15-6-3-5-14-4-1-2-7-16(14)15/h1-7,13,18H,8-12H2,(H,19,20). The van der Waals surface area contributed by atoms with Crippen LogP contribution >= 0.6 is 0 Å². The van der Waals surface area contributed by atoms with E-state index < -0.39 is 0 Å². The first-order valence-corrected chi connectivity index (χ1v) is 7.27. The Kier molecular flexibility index (Phi) is 3.97.